The maximum Gasteiger partial charge on any atom is 0.255 e. The van der Waals surface area contributed by atoms with Crippen molar-refractivity contribution in [2.24, 2.45) is 11.1 Å². The minimum Gasteiger partial charge on any atom is -0.484 e. The molecular weight excluding hydrogens is 252 g/mol. The largest absolute Gasteiger partial charge is 0.484 e. The first-order valence-corrected chi connectivity index (χ1v) is 7.28. The number of amides is 1. The van der Waals surface area contributed by atoms with Gasteiger partial charge in [-0.3, -0.25) is 4.79 Å². The predicted molar refractivity (Wildman–Crippen MR) is 79.4 cm³/mol. The molecule has 1 aliphatic carbocycles. The third kappa shape index (κ3) is 4.53. The van der Waals surface area contributed by atoms with Gasteiger partial charge in [0, 0.05) is 13.1 Å². The van der Waals surface area contributed by atoms with Crippen molar-refractivity contribution in [3.8, 4) is 5.75 Å². The maximum atomic E-state index is 10.6. The Hall–Kier alpha value is -1.55. The molecule has 0 unspecified atom stereocenters. The molecule has 1 aromatic carbocycles. The van der Waals surface area contributed by atoms with Crippen LogP contribution in [0.4, 0.5) is 0 Å². The lowest BCUT2D eigenvalue weighted by Gasteiger charge is -2.23. The van der Waals surface area contributed by atoms with Crippen molar-refractivity contribution in [2.75, 3.05) is 13.2 Å². The number of benzene rings is 1. The average Bonchev–Trinajstić information content (AvgIpc) is 2.85. The normalized spacial score (nSPS) is 17.1. The fraction of sp³-hybridized carbons (Fsp3) is 0.562. The first-order valence-electron chi connectivity index (χ1n) is 7.28. The summed E-state index contributed by atoms with van der Waals surface area (Å²) < 4.78 is 5.23. The molecule has 0 heterocycles. The monoisotopic (exact) mass is 276 g/mol. The molecule has 4 heteroatoms. The zero-order valence-corrected chi connectivity index (χ0v) is 12.2. The third-order valence-electron chi connectivity index (χ3n) is 4.00. The van der Waals surface area contributed by atoms with Gasteiger partial charge in [0.25, 0.3) is 5.91 Å². The summed E-state index contributed by atoms with van der Waals surface area (Å²) >= 11 is 0. The van der Waals surface area contributed by atoms with Gasteiger partial charge in [-0.05, 0) is 36.0 Å². The molecule has 2 rings (SSSR count). The zero-order valence-electron chi connectivity index (χ0n) is 12.2. The lowest BCUT2D eigenvalue weighted by Crippen LogP contribution is -2.29. The Bertz CT molecular complexity index is 436. The fourth-order valence-electron chi connectivity index (χ4n) is 2.77. The molecule has 0 saturated heterocycles. The molecule has 3 N–H and O–H groups in total. The van der Waals surface area contributed by atoms with Crippen LogP contribution in [0.2, 0.25) is 0 Å². The topological polar surface area (TPSA) is 64.3 Å². The summed E-state index contributed by atoms with van der Waals surface area (Å²) in [5.41, 5.74) is 6.73. The average molecular weight is 276 g/mol. The van der Waals surface area contributed by atoms with E-state index >= 15 is 0 Å². The minimum atomic E-state index is -0.458. The third-order valence-corrected chi connectivity index (χ3v) is 4.00. The summed E-state index contributed by atoms with van der Waals surface area (Å²) in [6, 6.07) is 7.77. The number of primary amides is 1. The number of ether oxygens (including phenoxy) is 1. The molecule has 4 nitrogen and oxygen atoms in total. The lowest BCUT2D eigenvalue weighted by molar-refractivity contribution is -0.119. The van der Waals surface area contributed by atoms with Crippen LogP contribution in [-0.2, 0) is 11.3 Å². The van der Waals surface area contributed by atoms with Crippen LogP contribution in [0.5, 0.6) is 5.75 Å². The van der Waals surface area contributed by atoms with Crippen LogP contribution in [0.1, 0.15) is 38.2 Å². The van der Waals surface area contributed by atoms with Crippen LogP contribution in [0.15, 0.2) is 24.3 Å². The van der Waals surface area contributed by atoms with Gasteiger partial charge in [-0.15, -0.1) is 0 Å². The van der Waals surface area contributed by atoms with E-state index < -0.39 is 5.91 Å². The van der Waals surface area contributed by atoms with Crippen LogP contribution in [0.25, 0.3) is 0 Å². The van der Waals surface area contributed by atoms with Crippen LogP contribution in [-0.4, -0.2) is 19.1 Å². The van der Waals surface area contributed by atoms with E-state index in [9.17, 15) is 4.79 Å². The van der Waals surface area contributed by atoms with E-state index in [2.05, 4.69) is 12.2 Å². The van der Waals surface area contributed by atoms with Crippen molar-refractivity contribution in [1.82, 2.24) is 5.32 Å². The van der Waals surface area contributed by atoms with Crippen molar-refractivity contribution >= 4 is 5.91 Å². The SMILES string of the molecule is CC1(CNCc2ccc(OCC(N)=O)cc2)CCCC1. The molecule has 0 atom stereocenters. The van der Waals surface area contributed by atoms with Gasteiger partial charge in [-0.25, -0.2) is 0 Å². The van der Waals surface area contributed by atoms with Crippen molar-refractivity contribution in [3.05, 3.63) is 29.8 Å². The molecule has 1 aromatic rings. The summed E-state index contributed by atoms with van der Waals surface area (Å²) in [6.07, 6.45) is 5.40. The van der Waals surface area contributed by atoms with Gasteiger partial charge in [0.15, 0.2) is 6.61 Å². The van der Waals surface area contributed by atoms with Crippen molar-refractivity contribution in [2.45, 2.75) is 39.2 Å². The van der Waals surface area contributed by atoms with Gasteiger partial charge in [0.1, 0.15) is 5.75 Å². The summed E-state index contributed by atoms with van der Waals surface area (Å²) in [4.78, 5) is 10.6. The standard InChI is InChI=1S/C16H24N2O2/c1-16(8-2-3-9-16)12-18-10-13-4-6-14(7-5-13)20-11-15(17)19/h4-7,18H,2-3,8-12H2,1H3,(H2,17,19). The number of hydrogen-bond donors (Lipinski definition) is 2. The molecular formula is C16H24N2O2. The number of carbonyl (C=O) groups is 1. The summed E-state index contributed by atoms with van der Waals surface area (Å²) in [5.74, 6) is 0.218. The van der Waals surface area contributed by atoms with Crippen LogP contribution in [0.3, 0.4) is 0 Å². The van der Waals surface area contributed by atoms with Crippen LogP contribution < -0.4 is 15.8 Å². The van der Waals surface area contributed by atoms with Gasteiger partial charge in [-0.2, -0.15) is 0 Å². The van der Waals surface area contributed by atoms with Crippen molar-refractivity contribution in [1.29, 1.82) is 0 Å². The highest BCUT2D eigenvalue weighted by atomic mass is 16.5. The van der Waals surface area contributed by atoms with Crippen LogP contribution >= 0.6 is 0 Å². The molecule has 1 saturated carbocycles. The number of rotatable bonds is 7. The predicted octanol–water partition coefficient (Wildman–Crippen LogP) is 2.22. The Morgan fingerprint density at radius 3 is 2.55 bits per heavy atom. The van der Waals surface area contributed by atoms with E-state index in [-0.39, 0.29) is 6.61 Å². The summed E-state index contributed by atoms with van der Waals surface area (Å²) in [6.45, 7) is 4.24. The first-order chi connectivity index (χ1) is 9.57. The lowest BCUT2D eigenvalue weighted by atomic mass is 9.89. The Morgan fingerprint density at radius 2 is 1.95 bits per heavy atom. The number of carbonyl (C=O) groups excluding carboxylic acids is 1. The summed E-state index contributed by atoms with van der Waals surface area (Å²) in [7, 11) is 0. The number of hydrogen-bond acceptors (Lipinski definition) is 3. The Balaban J connectivity index is 1.74. The Kier molecular flexibility index (Phi) is 5.01. The maximum absolute atomic E-state index is 10.6. The van der Waals surface area contributed by atoms with Crippen molar-refractivity contribution in [3.63, 3.8) is 0 Å². The first kappa shape index (κ1) is 14.9. The molecule has 0 bridgehead atoms. The highest BCUT2D eigenvalue weighted by molar-refractivity contribution is 5.75. The van der Waals surface area contributed by atoms with Crippen LogP contribution in [0, 0.1) is 5.41 Å². The van der Waals surface area contributed by atoms with Gasteiger partial charge >= 0.3 is 0 Å². The van der Waals surface area contributed by atoms with E-state index in [0.717, 1.165) is 13.1 Å². The van der Waals surface area contributed by atoms with E-state index in [4.69, 9.17) is 10.5 Å². The number of nitrogens with two attached hydrogens (primary N) is 1. The molecule has 1 fully saturated rings. The van der Waals surface area contributed by atoms with E-state index in [1.54, 1.807) is 0 Å². The van der Waals surface area contributed by atoms with E-state index in [1.165, 1.54) is 31.2 Å². The second kappa shape index (κ2) is 6.75. The number of nitrogens with one attached hydrogen (secondary N) is 1. The van der Waals surface area contributed by atoms with E-state index in [1.807, 2.05) is 24.3 Å². The highest BCUT2D eigenvalue weighted by Crippen LogP contribution is 2.36. The van der Waals surface area contributed by atoms with Gasteiger partial charge in [-0.1, -0.05) is 31.9 Å². The molecule has 110 valence electrons. The quantitative estimate of drug-likeness (QED) is 0.802. The second-order valence-corrected chi connectivity index (χ2v) is 6.02. The van der Waals surface area contributed by atoms with Gasteiger partial charge in [0.2, 0.25) is 0 Å². The zero-order chi connectivity index (χ0) is 14.4. The summed E-state index contributed by atoms with van der Waals surface area (Å²) in [5, 5.41) is 3.54. The molecule has 0 radical (unpaired) electrons. The van der Waals surface area contributed by atoms with Gasteiger partial charge in [0.05, 0.1) is 0 Å². The minimum absolute atomic E-state index is 0.0735. The van der Waals surface area contributed by atoms with Crippen molar-refractivity contribution < 1.29 is 9.53 Å². The highest BCUT2D eigenvalue weighted by Gasteiger charge is 2.27. The Labute approximate surface area is 120 Å². The molecule has 0 aliphatic heterocycles. The molecule has 0 aromatic heterocycles. The molecule has 20 heavy (non-hydrogen) atoms. The smallest absolute Gasteiger partial charge is 0.255 e. The molecule has 1 amide bonds. The fourth-order valence-corrected chi connectivity index (χ4v) is 2.77. The van der Waals surface area contributed by atoms with Gasteiger partial charge < -0.3 is 15.8 Å². The molecule has 0 spiro atoms. The van der Waals surface area contributed by atoms with E-state index in [0.29, 0.717) is 11.2 Å². The molecule has 1 aliphatic rings. The Morgan fingerprint density at radius 1 is 1.30 bits per heavy atom. The second-order valence-electron chi connectivity index (χ2n) is 6.02.